The minimum absolute atomic E-state index is 0.624. The highest BCUT2D eigenvalue weighted by Gasteiger charge is 2.46. The summed E-state index contributed by atoms with van der Waals surface area (Å²) in [7, 11) is -0.907. The van der Waals surface area contributed by atoms with Crippen LogP contribution in [0, 0.1) is 0 Å². The average Bonchev–Trinajstić information content (AvgIpc) is 2.61. The molecule has 0 amide bonds. The predicted molar refractivity (Wildman–Crippen MR) is 78.0 cm³/mol. The van der Waals surface area contributed by atoms with Crippen molar-refractivity contribution in [3.63, 3.8) is 0 Å². The molecular formula is C12H23O12P. The summed E-state index contributed by atoms with van der Waals surface area (Å²) >= 11 is 0. The van der Waals surface area contributed by atoms with E-state index >= 15 is 0 Å². The van der Waals surface area contributed by atoms with Gasteiger partial charge in [-0.15, -0.1) is 0 Å². The third-order valence-corrected chi connectivity index (χ3v) is 4.68. The summed E-state index contributed by atoms with van der Waals surface area (Å²) in [5.74, 6) is 0. The van der Waals surface area contributed by atoms with Gasteiger partial charge in [-0.05, 0) is 0 Å². The van der Waals surface area contributed by atoms with E-state index < -0.39 is 83.7 Å². The summed E-state index contributed by atoms with van der Waals surface area (Å²) < 4.78 is 20.3. The summed E-state index contributed by atoms with van der Waals surface area (Å²) in [6.45, 7) is -1.25. The molecule has 0 unspecified atom stereocenters. The second-order valence-electron chi connectivity index (χ2n) is 5.71. The number of hydrogen-bond donors (Lipinski definition) is 8. The van der Waals surface area contributed by atoms with Crippen LogP contribution < -0.4 is 0 Å². The van der Waals surface area contributed by atoms with Crippen LogP contribution >= 0.6 is 9.03 Å². The van der Waals surface area contributed by atoms with Gasteiger partial charge in [0.2, 0.25) is 0 Å². The van der Waals surface area contributed by atoms with Crippen molar-refractivity contribution >= 4 is 9.03 Å². The first-order valence-corrected chi connectivity index (χ1v) is 8.30. The van der Waals surface area contributed by atoms with Crippen molar-refractivity contribution in [1.82, 2.24) is 0 Å². The molecule has 2 aliphatic rings. The Labute approximate surface area is 144 Å². The van der Waals surface area contributed by atoms with Gasteiger partial charge in [-0.2, -0.15) is 0 Å². The van der Waals surface area contributed by atoms with E-state index in [-0.39, 0.29) is 0 Å². The van der Waals surface area contributed by atoms with Crippen molar-refractivity contribution in [3.8, 4) is 0 Å². The van der Waals surface area contributed by atoms with Gasteiger partial charge in [0.25, 0.3) is 0 Å². The fourth-order valence-electron chi connectivity index (χ4n) is 2.45. The standard InChI is InChI=1S/C12H23O12P/c13-1-3-5(15)7(17)9(19)11(21-3)23-25-24-12-10(20)8(18)6(16)4(2-14)22-12/h3-20,25H,1-2H2/t3-,4-,5-,6-,7+,8+,9-,10-,11+,12+/m1/s1. The SMILES string of the molecule is OC[C@H]1O[C@@H](OPO[C@@H]2O[C@H](CO)[C@@H](O)[C@H](O)[C@H]2O)[C@H](O)[C@@H](O)[C@@H]1O. The fourth-order valence-corrected chi connectivity index (χ4v) is 3.09. The van der Waals surface area contributed by atoms with Gasteiger partial charge in [0.05, 0.1) is 13.2 Å². The van der Waals surface area contributed by atoms with Gasteiger partial charge in [-0.3, -0.25) is 0 Å². The average molecular weight is 390 g/mol. The lowest BCUT2D eigenvalue weighted by atomic mass is 9.99. The number of ether oxygens (including phenoxy) is 2. The molecule has 25 heavy (non-hydrogen) atoms. The van der Waals surface area contributed by atoms with Crippen LogP contribution in [0.1, 0.15) is 0 Å². The molecule has 148 valence electrons. The summed E-state index contributed by atoms with van der Waals surface area (Å²) in [4.78, 5) is 0. The summed E-state index contributed by atoms with van der Waals surface area (Å²) in [5, 5.41) is 76.2. The lowest BCUT2D eigenvalue weighted by molar-refractivity contribution is -0.288. The van der Waals surface area contributed by atoms with Gasteiger partial charge < -0.3 is 59.4 Å². The highest BCUT2D eigenvalue weighted by molar-refractivity contribution is 7.26. The molecule has 0 spiro atoms. The van der Waals surface area contributed by atoms with Crippen LogP contribution in [0.4, 0.5) is 0 Å². The first-order valence-electron chi connectivity index (χ1n) is 7.49. The highest BCUT2D eigenvalue weighted by Crippen LogP contribution is 2.31. The third kappa shape index (κ3) is 4.62. The first kappa shape index (κ1) is 21.3. The van der Waals surface area contributed by atoms with Crippen molar-refractivity contribution in [3.05, 3.63) is 0 Å². The second-order valence-corrected chi connectivity index (χ2v) is 6.35. The number of aliphatic hydroxyl groups excluding tert-OH is 8. The Morgan fingerprint density at radius 3 is 1.28 bits per heavy atom. The Morgan fingerprint density at radius 2 is 0.960 bits per heavy atom. The van der Waals surface area contributed by atoms with Gasteiger partial charge >= 0.3 is 0 Å². The molecule has 8 N–H and O–H groups in total. The van der Waals surface area contributed by atoms with Crippen molar-refractivity contribution in [1.29, 1.82) is 0 Å². The molecule has 2 fully saturated rings. The molecule has 0 aromatic heterocycles. The van der Waals surface area contributed by atoms with Gasteiger partial charge in [0.1, 0.15) is 48.8 Å². The number of aliphatic hydroxyl groups is 8. The van der Waals surface area contributed by atoms with Gasteiger partial charge in [-0.25, -0.2) is 0 Å². The summed E-state index contributed by atoms with van der Waals surface area (Å²) in [6, 6.07) is 0. The third-order valence-electron chi connectivity index (χ3n) is 4.03. The molecule has 0 bridgehead atoms. The van der Waals surface area contributed by atoms with Crippen LogP contribution in [-0.4, -0.2) is 115 Å². The second kappa shape index (κ2) is 9.24. The topological polar surface area (TPSA) is 199 Å². The smallest absolute Gasteiger partial charge is 0.192 e. The van der Waals surface area contributed by atoms with Crippen molar-refractivity contribution in [2.75, 3.05) is 13.2 Å². The van der Waals surface area contributed by atoms with Gasteiger partial charge in [0.15, 0.2) is 21.6 Å². The summed E-state index contributed by atoms with van der Waals surface area (Å²) in [6.07, 6.45) is -14.7. The van der Waals surface area contributed by atoms with E-state index in [2.05, 4.69) is 0 Å². The molecule has 2 rings (SSSR count). The Bertz CT molecular complexity index is 376. The normalized spacial score (nSPS) is 48.5. The summed E-state index contributed by atoms with van der Waals surface area (Å²) in [5.41, 5.74) is 0. The first-order chi connectivity index (χ1) is 11.8. The quantitative estimate of drug-likeness (QED) is 0.201. The van der Waals surface area contributed by atoms with E-state index in [4.69, 9.17) is 28.7 Å². The zero-order valence-corrected chi connectivity index (χ0v) is 13.9. The molecule has 2 aliphatic heterocycles. The Balaban J connectivity index is 1.87. The van der Waals surface area contributed by atoms with Gasteiger partial charge in [0, 0.05) is 0 Å². The highest BCUT2D eigenvalue weighted by atomic mass is 31.1. The maximum absolute atomic E-state index is 9.79. The maximum atomic E-state index is 9.79. The largest absolute Gasteiger partial charge is 0.394 e. The van der Waals surface area contributed by atoms with E-state index in [1.165, 1.54) is 0 Å². The van der Waals surface area contributed by atoms with E-state index in [1.807, 2.05) is 0 Å². The molecule has 13 heteroatoms. The fraction of sp³-hybridized carbons (Fsp3) is 1.00. The zero-order chi connectivity index (χ0) is 18.7. The minimum Gasteiger partial charge on any atom is -0.394 e. The lowest BCUT2D eigenvalue weighted by Gasteiger charge is -2.41. The predicted octanol–water partition coefficient (Wildman–Crippen LogP) is -4.87. The Morgan fingerprint density at radius 1 is 0.600 bits per heavy atom. The van der Waals surface area contributed by atoms with E-state index in [0.29, 0.717) is 0 Å². The number of rotatable bonds is 6. The Hall–Kier alpha value is -0.0500. The monoisotopic (exact) mass is 390 g/mol. The number of hydrogen-bond acceptors (Lipinski definition) is 12. The van der Waals surface area contributed by atoms with Crippen LogP contribution in [0.3, 0.4) is 0 Å². The Kier molecular flexibility index (Phi) is 7.85. The van der Waals surface area contributed by atoms with Gasteiger partial charge in [-0.1, -0.05) is 0 Å². The van der Waals surface area contributed by atoms with Crippen LogP contribution in [0.2, 0.25) is 0 Å². The van der Waals surface area contributed by atoms with Crippen molar-refractivity contribution < 1.29 is 59.4 Å². The molecule has 0 radical (unpaired) electrons. The zero-order valence-electron chi connectivity index (χ0n) is 12.9. The van der Waals surface area contributed by atoms with E-state index in [0.717, 1.165) is 0 Å². The molecule has 0 saturated carbocycles. The van der Waals surface area contributed by atoms with E-state index in [9.17, 15) is 30.6 Å². The molecule has 10 atom stereocenters. The lowest BCUT2D eigenvalue weighted by Crippen LogP contribution is -2.59. The maximum Gasteiger partial charge on any atom is 0.192 e. The molecule has 0 aromatic carbocycles. The molecule has 2 heterocycles. The van der Waals surface area contributed by atoms with Crippen molar-refractivity contribution in [2.45, 2.75) is 61.4 Å². The van der Waals surface area contributed by atoms with Crippen LogP contribution in [0.15, 0.2) is 0 Å². The molecular weight excluding hydrogens is 367 g/mol. The molecule has 0 aromatic rings. The molecule has 2 saturated heterocycles. The molecule has 0 aliphatic carbocycles. The van der Waals surface area contributed by atoms with Crippen LogP contribution in [0.5, 0.6) is 0 Å². The van der Waals surface area contributed by atoms with Crippen molar-refractivity contribution in [2.24, 2.45) is 0 Å². The van der Waals surface area contributed by atoms with E-state index in [1.54, 1.807) is 0 Å². The van der Waals surface area contributed by atoms with Crippen LogP contribution in [-0.2, 0) is 18.5 Å². The minimum atomic E-state index is -1.62. The van der Waals surface area contributed by atoms with Crippen LogP contribution in [0.25, 0.3) is 0 Å². The molecule has 12 nitrogen and oxygen atoms in total.